The highest BCUT2D eigenvalue weighted by atomic mass is 19.4. The van der Waals surface area contributed by atoms with Crippen molar-refractivity contribution in [2.24, 2.45) is 5.92 Å². The molecule has 0 aliphatic heterocycles. The molecule has 19 heavy (non-hydrogen) atoms. The Bertz CT molecular complexity index is 469. The van der Waals surface area contributed by atoms with Gasteiger partial charge in [-0.25, -0.2) is 4.98 Å². The summed E-state index contributed by atoms with van der Waals surface area (Å²) in [7, 11) is 0. The van der Waals surface area contributed by atoms with E-state index in [0.29, 0.717) is 12.5 Å². The predicted molar refractivity (Wildman–Crippen MR) is 64.6 cm³/mol. The summed E-state index contributed by atoms with van der Waals surface area (Å²) in [4.78, 5) is 16.8. The number of rotatable bonds is 4. The van der Waals surface area contributed by atoms with Crippen LogP contribution in [0.15, 0.2) is 18.2 Å². The molecule has 3 nitrogen and oxygen atoms in total. The molecule has 0 N–H and O–H groups in total. The van der Waals surface area contributed by atoms with E-state index >= 15 is 0 Å². The van der Waals surface area contributed by atoms with E-state index in [-0.39, 0.29) is 18.1 Å². The molecule has 0 aromatic carbocycles. The largest absolute Gasteiger partial charge is 0.433 e. The third-order valence-corrected chi connectivity index (χ3v) is 3.04. The number of pyridine rings is 1. The standard InChI is InChI=1S/C13H15F3N2O/c1-2-12(19)18(8-9-6-7-9)11-5-3-4-10(17-11)13(14,15)16/h3-5,9H,2,6-8H2,1H3. The van der Waals surface area contributed by atoms with E-state index in [9.17, 15) is 18.0 Å². The summed E-state index contributed by atoms with van der Waals surface area (Å²) in [6.45, 7) is 2.15. The Balaban J connectivity index is 2.27. The molecular weight excluding hydrogens is 257 g/mol. The van der Waals surface area contributed by atoms with E-state index in [1.165, 1.54) is 17.0 Å². The minimum Gasteiger partial charge on any atom is -0.297 e. The molecule has 6 heteroatoms. The number of hydrogen-bond donors (Lipinski definition) is 0. The Kier molecular flexibility index (Phi) is 3.78. The second-order valence-corrected chi connectivity index (χ2v) is 4.68. The summed E-state index contributed by atoms with van der Waals surface area (Å²) in [5.74, 6) is 0.291. The van der Waals surface area contributed by atoms with Crippen molar-refractivity contribution in [2.45, 2.75) is 32.4 Å². The van der Waals surface area contributed by atoms with Crippen LogP contribution in [0, 0.1) is 5.92 Å². The van der Waals surface area contributed by atoms with Gasteiger partial charge in [0, 0.05) is 13.0 Å². The third kappa shape index (κ3) is 3.45. The predicted octanol–water partition coefficient (Wildman–Crippen LogP) is 3.25. The molecule has 104 valence electrons. The average molecular weight is 272 g/mol. The molecule has 0 bridgehead atoms. The van der Waals surface area contributed by atoms with E-state index in [4.69, 9.17) is 0 Å². The number of halogens is 3. The molecule has 2 rings (SSSR count). The van der Waals surface area contributed by atoms with E-state index in [2.05, 4.69) is 4.98 Å². The Morgan fingerprint density at radius 2 is 2.11 bits per heavy atom. The van der Waals surface area contributed by atoms with Crippen LogP contribution in [0.4, 0.5) is 19.0 Å². The second-order valence-electron chi connectivity index (χ2n) is 4.68. The number of hydrogen-bond acceptors (Lipinski definition) is 2. The molecule has 1 saturated carbocycles. The van der Waals surface area contributed by atoms with Gasteiger partial charge in [0.1, 0.15) is 11.5 Å². The molecule has 1 aromatic rings. The zero-order valence-corrected chi connectivity index (χ0v) is 10.6. The van der Waals surface area contributed by atoms with Gasteiger partial charge in [0.25, 0.3) is 0 Å². The molecule has 1 amide bonds. The van der Waals surface area contributed by atoms with Crippen molar-refractivity contribution < 1.29 is 18.0 Å². The van der Waals surface area contributed by atoms with Crippen LogP contribution in [-0.4, -0.2) is 17.4 Å². The van der Waals surface area contributed by atoms with Gasteiger partial charge in [-0.15, -0.1) is 0 Å². The highest BCUT2D eigenvalue weighted by Gasteiger charge is 2.34. The van der Waals surface area contributed by atoms with Gasteiger partial charge in [0.05, 0.1) is 0 Å². The number of alkyl halides is 3. The first kappa shape index (κ1) is 13.8. The maximum Gasteiger partial charge on any atom is 0.433 e. The van der Waals surface area contributed by atoms with E-state index in [0.717, 1.165) is 18.9 Å². The molecule has 1 aromatic heterocycles. The van der Waals surface area contributed by atoms with Gasteiger partial charge < -0.3 is 0 Å². The van der Waals surface area contributed by atoms with Crippen LogP contribution in [0.25, 0.3) is 0 Å². The zero-order chi connectivity index (χ0) is 14.0. The minimum atomic E-state index is -4.49. The van der Waals surface area contributed by atoms with Gasteiger partial charge in [0.2, 0.25) is 5.91 Å². The van der Waals surface area contributed by atoms with Crippen molar-refractivity contribution in [3.63, 3.8) is 0 Å². The van der Waals surface area contributed by atoms with Crippen molar-refractivity contribution in [1.29, 1.82) is 0 Å². The van der Waals surface area contributed by atoms with Crippen LogP contribution in [-0.2, 0) is 11.0 Å². The summed E-state index contributed by atoms with van der Waals surface area (Å²) in [6, 6.07) is 3.65. The molecule has 0 radical (unpaired) electrons. The number of carbonyl (C=O) groups is 1. The first-order valence-electron chi connectivity index (χ1n) is 6.26. The lowest BCUT2D eigenvalue weighted by molar-refractivity contribution is -0.141. The van der Waals surface area contributed by atoms with Crippen LogP contribution < -0.4 is 4.90 Å². The molecule has 0 atom stereocenters. The summed E-state index contributed by atoms with van der Waals surface area (Å²) >= 11 is 0. The fourth-order valence-electron chi connectivity index (χ4n) is 1.80. The van der Waals surface area contributed by atoms with Crippen molar-refractivity contribution in [2.75, 3.05) is 11.4 Å². The molecule has 0 unspecified atom stereocenters. The average Bonchev–Trinajstić information content (AvgIpc) is 3.18. The SMILES string of the molecule is CCC(=O)N(CC1CC1)c1cccc(C(F)(F)F)n1. The van der Waals surface area contributed by atoms with Crippen molar-refractivity contribution in [1.82, 2.24) is 4.98 Å². The van der Waals surface area contributed by atoms with Crippen LogP contribution in [0.2, 0.25) is 0 Å². The molecule has 1 aliphatic carbocycles. The molecule has 0 spiro atoms. The first-order chi connectivity index (χ1) is 8.91. The van der Waals surface area contributed by atoms with E-state index in [1.807, 2.05) is 0 Å². The van der Waals surface area contributed by atoms with Crippen LogP contribution >= 0.6 is 0 Å². The Morgan fingerprint density at radius 3 is 2.63 bits per heavy atom. The maximum atomic E-state index is 12.6. The van der Waals surface area contributed by atoms with Gasteiger partial charge in [-0.1, -0.05) is 13.0 Å². The highest BCUT2D eigenvalue weighted by molar-refractivity contribution is 5.92. The maximum absolute atomic E-state index is 12.6. The Hall–Kier alpha value is -1.59. The lowest BCUT2D eigenvalue weighted by atomic mass is 10.3. The van der Waals surface area contributed by atoms with E-state index in [1.54, 1.807) is 6.92 Å². The third-order valence-electron chi connectivity index (χ3n) is 3.04. The monoisotopic (exact) mass is 272 g/mol. The van der Waals surface area contributed by atoms with Gasteiger partial charge >= 0.3 is 6.18 Å². The van der Waals surface area contributed by atoms with Gasteiger partial charge in [-0.2, -0.15) is 13.2 Å². The first-order valence-corrected chi connectivity index (χ1v) is 6.26. The smallest absolute Gasteiger partial charge is 0.297 e. The van der Waals surface area contributed by atoms with Crippen molar-refractivity contribution >= 4 is 11.7 Å². The van der Waals surface area contributed by atoms with Gasteiger partial charge in [-0.05, 0) is 30.9 Å². The Morgan fingerprint density at radius 1 is 1.42 bits per heavy atom. The number of nitrogens with zero attached hydrogens (tertiary/aromatic N) is 2. The molecular formula is C13H15F3N2O. The molecule has 1 aliphatic rings. The summed E-state index contributed by atoms with van der Waals surface area (Å²) in [5, 5.41) is 0. The highest BCUT2D eigenvalue weighted by Crippen LogP contribution is 2.33. The fourth-order valence-corrected chi connectivity index (χ4v) is 1.80. The van der Waals surface area contributed by atoms with Crippen molar-refractivity contribution in [3.05, 3.63) is 23.9 Å². The van der Waals surface area contributed by atoms with E-state index < -0.39 is 11.9 Å². The van der Waals surface area contributed by atoms with Crippen LogP contribution in [0.5, 0.6) is 0 Å². The summed E-state index contributed by atoms with van der Waals surface area (Å²) in [5.41, 5.74) is -0.963. The van der Waals surface area contributed by atoms with Crippen molar-refractivity contribution in [3.8, 4) is 0 Å². The lowest BCUT2D eigenvalue weighted by Gasteiger charge is -2.22. The second kappa shape index (κ2) is 5.19. The number of amides is 1. The minimum absolute atomic E-state index is 0.0913. The normalized spacial score (nSPS) is 15.4. The topological polar surface area (TPSA) is 33.2 Å². The fraction of sp³-hybridized carbons (Fsp3) is 0.538. The number of anilines is 1. The molecule has 1 fully saturated rings. The number of aromatic nitrogens is 1. The molecule has 0 saturated heterocycles. The van der Waals surface area contributed by atoms with Crippen LogP contribution in [0.1, 0.15) is 31.9 Å². The van der Waals surface area contributed by atoms with Gasteiger partial charge in [0.15, 0.2) is 0 Å². The zero-order valence-electron chi connectivity index (χ0n) is 10.6. The Labute approximate surface area is 109 Å². The quantitative estimate of drug-likeness (QED) is 0.843. The summed E-state index contributed by atoms with van der Waals surface area (Å²) in [6.07, 6.45) is -2.19. The molecule has 1 heterocycles. The van der Waals surface area contributed by atoms with Gasteiger partial charge in [-0.3, -0.25) is 9.69 Å². The number of carbonyl (C=O) groups excluding carboxylic acids is 1. The summed E-state index contributed by atoms with van der Waals surface area (Å²) < 4.78 is 37.9. The lowest BCUT2D eigenvalue weighted by Crippen LogP contribution is -2.33. The van der Waals surface area contributed by atoms with Crippen LogP contribution in [0.3, 0.4) is 0 Å².